The number of nitrogens with one attached hydrogen (secondary N) is 1. The first-order chi connectivity index (χ1) is 8.19. The number of carbonyl (C=O) groups is 1. The Hall–Kier alpha value is -1.13. The van der Waals surface area contributed by atoms with Crippen molar-refractivity contribution in [2.45, 2.75) is 26.2 Å². The lowest BCUT2D eigenvalue weighted by Crippen LogP contribution is -2.10. The highest BCUT2D eigenvalue weighted by atomic mass is 35.5. The van der Waals surface area contributed by atoms with Crippen LogP contribution in [-0.2, 0) is 4.79 Å². The summed E-state index contributed by atoms with van der Waals surface area (Å²) in [6, 6.07) is 5.51. The molecular weight excluding hydrogens is 256 g/mol. The predicted molar refractivity (Wildman–Crippen MR) is 72.8 cm³/mol. The van der Waals surface area contributed by atoms with E-state index in [0.717, 1.165) is 23.1 Å². The first kappa shape index (κ1) is 12.3. The molecule has 0 unspecified atom stereocenters. The number of hydrogen-bond acceptors (Lipinski definition) is 3. The molecule has 1 aromatic carbocycles. The fourth-order valence-corrected chi connectivity index (χ4v) is 2.63. The minimum absolute atomic E-state index is 0.0250. The molecule has 5 heteroatoms. The van der Waals surface area contributed by atoms with Gasteiger partial charge in [0.2, 0.25) is 5.91 Å². The van der Waals surface area contributed by atoms with E-state index in [9.17, 15) is 4.79 Å². The first-order valence-corrected chi connectivity index (χ1v) is 6.74. The van der Waals surface area contributed by atoms with Crippen LogP contribution in [0.4, 0.5) is 5.13 Å². The number of anilines is 1. The molecule has 0 radical (unpaired) electrons. The van der Waals surface area contributed by atoms with Gasteiger partial charge in [0, 0.05) is 11.4 Å². The minimum Gasteiger partial charge on any atom is -0.302 e. The molecule has 2 rings (SSSR count). The summed E-state index contributed by atoms with van der Waals surface area (Å²) in [5.41, 5.74) is 0.866. The van der Waals surface area contributed by atoms with Gasteiger partial charge in [-0.25, -0.2) is 4.98 Å². The van der Waals surface area contributed by atoms with Crippen molar-refractivity contribution in [2.75, 3.05) is 5.32 Å². The Bertz CT molecular complexity index is 538. The van der Waals surface area contributed by atoms with E-state index in [1.165, 1.54) is 11.3 Å². The monoisotopic (exact) mass is 268 g/mol. The smallest absolute Gasteiger partial charge is 0.226 e. The van der Waals surface area contributed by atoms with Gasteiger partial charge in [-0.15, -0.1) is 0 Å². The second-order valence-electron chi connectivity index (χ2n) is 3.78. The second kappa shape index (κ2) is 5.47. The second-order valence-corrected chi connectivity index (χ2v) is 5.25. The molecule has 3 nitrogen and oxygen atoms in total. The molecule has 1 N–H and O–H groups in total. The van der Waals surface area contributed by atoms with Crippen molar-refractivity contribution in [2.24, 2.45) is 0 Å². The van der Waals surface area contributed by atoms with Crippen molar-refractivity contribution in [3.63, 3.8) is 0 Å². The normalized spacial score (nSPS) is 10.7. The molecule has 0 spiro atoms. The van der Waals surface area contributed by atoms with E-state index in [1.54, 1.807) is 6.07 Å². The molecule has 1 heterocycles. The lowest BCUT2D eigenvalue weighted by molar-refractivity contribution is -0.116. The summed E-state index contributed by atoms with van der Waals surface area (Å²) in [5, 5.41) is 4.14. The van der Waals surface area contributed by atoms with Gasteiger partial charge in [0.25, 0.3) is 0 Å². The zero-order chi connectivity index (χ0) is 12.3. The Morgan fingerprint density at radius 1 is 1.53 bits per heavy atom. The highest BCUT2D eigenvalue weighted by Gasteiger charge is 2.07. The van der Waals surface area contributed by atoms with E-state index in [4.69, 9.17) is 11.6 Å². The lowest BCUT2D eigenvalue weighted by Gasteiger charge is -1.98. The third-order valence-corrected chi connectivity index (χ3v) is 3.52. The fraction of sp³-hybridized carbons (Fsp3) is 0.333. The van der Waals surface area contributed by atoms with Crippen LogP contribution >= 0.6 is 22.9 Å². The third kappa shape index (κ3) is 3.17. The molecule has 1 aromatic heterocycles. The highest BCUT2D eigenvalue weighted by Crippen LogP contribution is 2.28. The lowest BCUT2D eigenvalue weighted by atomic mass is 10.2. The summed E-state index contributed by atoms with van der Waals surface area (Å²) in [5.74, 6) is 0.0250. The van der Waals surface area contributed by atoms with Gasteiger partial charge in [-0.1, -0.05) is 36.3 Å². The summed E-state index contributed by atoms with van der Waals surface area (Å²) in [6.45, 7) is 2.06. The Morgan fingerprint density at radius 2 is 2.35 bits per heavy atom. The van der Waals surface area contributed by atoms with Gasteiger partial charge in [-0.2, -0.15) is 0 Å². The van der Waals surface area contributed by atoms with Crippen molar-refractivity contribution in [3.05, 3.63) is 23.2 Å². The summed E-state index contributed by atoms with van der Waals surface area (Å²) in [4.78, 5) is 15.9. The molecule has 0 aliphatic rings. The summed E-state index contributed by atoms with van der Waals surface area (Å²) < 4.78 is 0.989. The van der Waals surface area contributed by atoms with Crippen molar-refractivity contribution < 1.29 is 4.79 Å². The van der Waals surface area contributed by atoms with Gasteiger partial charge in [0.05, 0.1) is 10.2 Å². The highest BCUT2D eigenvalue weighted by molar-refractivity contribution is 7.22. The van der Waals surface area contributed by atoms with E-state index in [2.05, 4.69) is 17.2 Å². The van der Waals surface area contributed by atoms with Crippen molar-refractivity contribution in [1.29, 1.82) is 0 Å². The van der Waals surface area contributed by atoms with Crippen LogP contribution in [0.1, 0.15) is 26.2 Å². The molecule has 2 aromatic rings. The standard InChI is InChI=1S/C12H13ClN2OS/c1-2-3-4-11(16)15-12-14-9-6-5-8(13)7-10(9)17-12/h5-7H,2-4H2,1H3,(H,14,15,16). The zero-order valence-corrected chi connectivity index (χ0v) is 11.1. The maximum Gasteiger partial charge on any atom is 0.226 e. The molecule has 0 bridgehead atoms. The van der Waals surface area contributed by atoms with E-state index >= 15 is 0 Å². The van der Waals surface area contributed by atoms with Gasteiger partial charge in [-0.3, -0.25) is 4.79 Å². The van der Waals surface area contributed by atoms with Gasteiger partial charge < -0.3 is 5.32 Å². The van der Waals surface area contributed by atoms with Crippen LogP contribution in [0, 0.1) is 0 Å². The van der Waals surface area contributed by atoms with Crippen molar-refractivity contribution in [3.8, 4) is 0 Å². The molecule has 0 saturated carbocycles. The number of aromatic nitrogens is 1. The van der Waals surface area contributed by atoms with Crippen LogP contribution in [0.3, 0.4) is 0 Å². The number of fused-ring (bicyclic) bond motifs is 1. The van der Waals surface area contributed by atoms with Gasteiger partial charge in [0.15, 0.2) is 5.13 Å². The fourth-order valence-electron chi connectivity index (χ4n) is 1.47. The number of hydrogen-bond donors (Lipinski definition) is 1. The Balaban J connectivity index is 2.11. The van der Waals surface area contributed by atoms with Gasteiger partial charge in [-0.05, 0) is 24.6 Å². The zero-order valence-electron chi connectivity index (χ0n) is 9.50. The van der Waals surface area contributed by atoms with Crippen molar-refractivity contribution >= 4 is 44.2 Å². The average molecular weight is 269 g/mol. The van der Waals surface area contributed by atoms with E-state index < -0.39 is 0 Å². The number of unbranched alkanes of at least 4 members (excludes halogenated alkanes) is 1. The molecule has 0 aliphatic carbocycles. The number of amides is 1. The molecule has 0 aliphatic heterocycles. The number of thiazole rings is 1. The molecule has 1 amide bonds. The van der Waals surface area contributed by atoms with Crippen LogP contribution in [0.25, 0.3) is 10.2 Å². The molecule has 90 valence electrons. The van der Waals surface area contributed by atoms with Crippen molar-refractivity contribution in [1.82, 2.24) is 4.98 Å². The largest absolute Gasteiger partial charge is 0.302 e. The maximum absolute atomic E-state index is 11.5. The topological polar surface area (TPSA) is 42.0 Å². The van der Waals surface area contributed by atoms with Gasteiger partial charge >= 0.3 is 0 Å². The molecule has 0 saturated heterocycles. The number of benzene rings is 1. The Kier molecular flexibility index (Phi) is 3.97. The molecule has 17 heavy (non-hydrogen) atoms. The van der Waals surface area contributed by atoms with Gasteiger partial charge in [0.1, 0.15) is 0 Å². The van der Waals surface area contributed by atoms with E-state index in [0.29, 0.717) is 16.6 Å². The predicted octanol–water partition coefficient (Wildman–Crippen LogP) is 4.08. The number of carbonyl (C=O) groups excluding carboxylic acids is 1. The number of halogens is 1. The van der Waals surface area contributed by atoms with Crippen LogP contribution in [-0.4, -0.2) is 10.9 Å². The number of rotatable bonds is 4. The van der Waals surface area contributed by atoms with Crippen LogP contribution < -0.4 is 5.32 Å². The maximum atomic E-state index is 11.5. The number of nitrogens with zero attached hydrogens (tertiary/aromatic N) is 1. The summed E-state index contributed by atoms with van der Waals surface area (Å²) in [6.07, 6.45) is 2.47. The SMILES string of the molecule is CCCCC(=O)Nc1nc2ccc(Cl)cc2s1. The molecule has 0 atom stereocenters. The quantitative estimate of drug-likeness (QED) is 0.908. The first-order valence-electron chi connectivity index (χ1n) is 5.55. The van der Waals surface area contributed by atoms with Crippen LogP contribution in [0.5, 0.6) is 0 Å². The summed E-state index contributed by atoms with van der Waals surface area (Å²) >= 11 is 7.34. The Labute approximate surface area is 109 Å². The third-order valence-electron chi connectivity index (χ3n) is 2.35. The Morgan fingerprint density at radius 3 is 3.12 bits per heavy atom. The average Bonchev–Trinajstić information content (AvgIpc) is 2.67. The summed E-state index contributed by atoms with van der Waals surface area (Å²) in [7, 11) is 0. The van der Waals surface area contributed by atoms with E-state index in [-0.39, 0.29) is 5.91 Å². The van der Waals surface area contributed by atoms with Crippen LogP contribution in [0.15, 0.2) is 18.2 Å². The molecule has 0 fully saturated rings. The molecular formula is C12H13ClN2OS. The van der Waals surface area contributed by atoms with E-state index in [1.807, 2.05) is 12.1 Å². The minimum atomic E-state index is 0.0250. The van der Waals surface area contributed by atoms with Crippen LogP contribution in [0.2, 0.25) is 5.02 Å².